The van der Waals surface area contributed by atoms with Crippen LogP contribution >= 0.6 is 0 Å². The van der Waals surface area contributed by atoms with E-state index in [-0.39, 0.29) is 12.5 Å². The minimum absolute atomic E-state index is 0.189. The van der Waals surface area contributed by atoms with Gasteiger partial charge in [-0.05, 0) is 72.8 Å². The third-order valence-corrected chi connectivity index (χ3v) is 6.19. The van der Waals surface area contributed by atoms with E-state index in [9.17, 15) is 9.59 Å². The molecule has 1 amide bonds. The topological polar surface area (TPSA) is 83.1 Å². The van der Waals surface area contributed by atoms with Crippen LogP contribution in [0.3, 0.4) is 0 Å². The van der Waals surface area contributed by atoms with Gasteiger partial charge in [-0.3, -0.25) is 0 Å². The van der Waals surface area contributed by atoms with Crippen LogP contribution < -0.4 is 10.8 Å². The number of hydrogen-bond acceptors (Lipinski definition) is 6. The monoisotopic (exact) mass is 431 g/mol. The summed E-state index contributed by atoms with van der Waals surface area (Å²) < 4.78 is 22.8. The van der Waals surface area contributed by atoms with Crippen LogP contribution in [-0.4, -0.2) is 48.1 Å². The molecule has 2 aliphatic rings. The first kappa shape index (κ1) is 23.6. The first-order valence-corrected chi connectivity index (χ1v) is 10.8. The molecule has 1 aliphatic heterocycles. The fourth-order valence-electron chi connectivity index (χ4n) is 3.69. The average Bonchev–Trinajstić information content (AvgIpc) is 3.29. The molecule has 31 heavy (non-hydrogen) atoms. The highest BCUT2D eigenvalue weighted by Gasteiger charge is 2.63. The number of alkyl carbamates (subject to hydrolysis) is 1. The van der Waals surface area contributed by atoms with Crippen LogP contribution in [0.15, 0.2) is 24.3 Å². The predicted octanol–water partition coefficient (Wildman–Crippen LogP) is 3.30. The van der Waals surface area contributed by atoms with Gasteiger partial charge in [-0.2, -0.15) is 0 Å². The number of benzene rings is 1. The predicted molar refractivity (Wildman–Crippen MR) is 118 cm³/mol. The van der Waals surface area contributed by atoms with Crippen molar-refractivity contribution in [3.63, 3.8) is 0 Å². The van der Waals surface area contributed by atoms with Gasteiger partial charge in [0.25, 0.3) is 0 Å². The molecule has 170 valence electrons. The molecule has 1 aromatic rings. The zero-order valence-corrected chi connectivity index (χ0v) is 19.8. The van der Waals surface area contributed by atoms with Crippen LogP contribution in [0, 0.1) is 0 Å². The summed E-state index contributed by atoms with van der Waals surface area (Å²) in [7, 11) is -0.451. The van der Waals surface area contributed by atoms with E-state index in [0.717, 1.165) is 11.0 Å². The molecule has 2 unspecified atom stereocenters. The van der Waals surface area contributed by atoms with E-state index in [4.69, 9.17) is 18.8 Å². The van der Waals surface area contributed by atoms with Crippen LogP contribution in [-0.2, 0) is 23.6 Å². The van der Waals surface area contributed by atoms with E-state index >= 15 is 0 Å². The van der Waals surface area contributed by atoms with Gasteiger partial charge in [0.1, 0.15) is 11.1 Å². The maximum atomic E-state index is 12.7. The molecule has 1 aliphatic carbocycles. The molecule has 0 radical (unpaired) electrons. The van der Waals surface area contributed by atoms with E-state index in [1.165, 1.54) is 0 Å². The van der Waals surface area contributed by atoms with Crippen molar-refractivity contribution in [1.29, 1.82) is 0 Å². The third-order valence-electron chi connectivity index (χ3n) is 6.19. The van der Waals surface area contributed by atoms with Crippen molar-refractivity contribution in [2.24, 2.45) is 0 Å². The number of hydrogen-bond donors (Lipinski definition) is 1. The number of rotatable bonds is 5. The molecule has 1 heterocycles. The highest BCUT2D eigenvalue weighted by molar-refractivity contribution is 6.62. The second kappa shape index (κ2) is 7.82. The van der Waals surface area contributed by atoms with Crippen molar-refractivity contribution in [3.05, 3.63) is 29.8 Å². The number of ether oxygens (including phenoxy) is 2. The third kappa shape index (κ3) is 4.75. The van der Waals surface area contributed by atoms with Gasteiger partial charge in [0.2, 0.25) is 0 Å². The zero-order chi connectivity index (χ0) is 23.2. The smallest absolute Gasteiger partial charge is 0.464 e. The van der Waals surface area contributed by atoms with Gasteiger partial charge in [0.15, 0.2) is 0 Å². The summed E-state index contributed by atoms with van der Waals surface area (Å²) in [4.78, 5) is 25.1. The van der Waals surface area contributed by atoms with Crippen LogP contribution in [0.25, 0.3) is 0 Å². The Morgan fingerprint density at radius 2 is 1.65 bits per heavy atom. The Morgan fingerprint density at radius 3 is 2.13 bits per heavy atom. The first-order chi connectivity index (χ1) is 14.2. The molecule has 2 atom stereocenters. The highest BCUT2D eigenvalue weighted by atomic mass is 16.7. The molecule has 1 aromatic carbocycles. The lowest BCUT2D eigenvalue weighted by molar-refractivity contribution is -0.147. The Hall–Kier alpha value is -2.06. The van der Waals surface area contributed by atoms with Gasteiger partial charge in [0, 0.05) is 5.92 Å². The van der Waals surface area contributed by atoms with Crippen molar-refractivity contribution < 1.29 is 28.4 Å². The summed E-state index contributed by atoms with van der Waals surface area (Å²) in [6.07, 6.45) is -0.169. The Labute approximate surface area is 185 Å². The molecule has 0 aromatic heterocycles. The standard InChI is InChI=1S/C23H34BNO6/c1-9-28-18(26)23(25-19(27)29-20(2,3)4)14-17(23)15-10-12-16(13-11-15)24-30-21(5,6)22(7,8)31-24/h10-13,17H,9,14H2,1-8H3,(H,25,27). The number of carbonyl (C=O) groups excluding carboxylic acids is 2. The summed E-state index contributed by atoms with van der Waals surface area (Å²) in [6, 6.07) is 7.78. The second-order valence-corrected chi connectivity index (χ2v) is 10.3. The molecule has 7 nitrogen and oxygen atoms in total. The quantitative estimate of drug-likeness (QED) is 0.569. The van der Waals surface area contributed by atoms with Crippen LogP contribution in [0.1, 0.15) is 73.3 Å². The van der Waals surface area contributed by atoms with E-state index in [1.54, 1.807) is 27.7 Å². The maximum Gasteiger partial charge on any atom is 0.494 e. The van der Waals surface area contributed by atoms with Crippen molar-refractivity contribution in [3.8, 4) is 0 Å². The van der Waals surface area contributed by atoms with Crippen LogP contribution in [0.5, 0.6) is 0 Å². The molecule has 1 N–H and O–H groups in total. The molecular formula is C23H34BNO6. The second-order valence-electron chi connectivity index (χ2n) is 10.3. The van der Waals surface area contributed by atoms with E-state index < -0.39 is 41.5 Å². The summed E-state index contributed by atoms with van der Waals surface area (Å²) in [5.74, 6) is -0.632. The van der Waals surface area contributed by atoms with Gasteiger partial charge >= 0.3 is 19.2 Å². The van der Waals surface area contributed by atoms with Crippen molar-refractivity contribution >= 4 is 24.6 Å². The van der Waals surface area contributed by atoms with Crippen molar-refractivity contribution in [2.75, 3.05) is 6.61 Å². The van der Waals surface area contributed by atoms with Crippen LogP contribution in [0.4, 0.5) is 4.79 Å². The van der Waals surface area contributed by atoms with Gasteiger partial charge in [0.05, 0.1) is 17.8 Å². The lowest BCUT2D eigenvalue weighted by atomic mass is 9.78. The minimum atomic E-state index is -1.11. The number of esters is 1. The molecule has 1 saturated heterocycles. The lowest BCUT2D eigenvalue weighted by Gasteiger charge is -2.32. The van der Waals surface area contributed by atoms with Crippen molar-refractivity contribution in [1.82, 2.24) is 5.32 Å². The Balaban J connectivity index is 1.76. The molecule has 8 heteroatoms. The zero-order valence-electron chi connectivity index (χ0n) is 19.8. The number of amides is 1. The van der Waals surface area contributed by atoms with E-state index in [2.05, 4.69) is 5.32 Å². The largest absolute Gasteiger partial charge is 0.494 e. The summed E-state index contributed by atoms with van der Waals surface area (Å²) in [5, 5.41) is 2.76. The Kier molecular flexibility index (Phi) is 5.95. The summed E-state index contributed by atoms with van der Waals surface area (Å²) in [6.45, 7) is 15.4. The van der Waals surface area contributed by atoms with Crippen molar-refractivity contribution in [2.45, 2.75) is 90.1 Å². The molecule has 0 bridgehead atoms. The highest BCUT2D eigenvalue weighted by Crippen LogP contribution is 2.52. The van der Waals surface area contributed by atoms with Gasteiger partial charge in [-0.1, -0.05) is 24.3 Å². The SMILES string of the molecule is CCOC(=O)C1(NC(=O)OC(C)(C)C)CC1c1ccc(B2OC(C)(C)C(C)(C)O2)cc1. The molecule has 3 rings (SSSR count). The molecule has 1 saturated carbocycles. The fourth-order valence-corrected chi connectivity index (χ4v) is 3.69. The van der Waals surface area contributed by atoms with Gasteiger partial charge < -0.3 is 24.1 Å². The normalized spacial score (nSPS) is 26.3. The molecule has 0 spiro atoms. The van der Waals surface area contributed by atoms with Gasteiger partial charge in [-0.15, -0.1) is 0 Å². The molecular weight excluding hydrogens is 397 g/mol. The minimum Gasteiger partial charge on any atom is -0.464 e. The van der Waals surface area contributed by atoms with Gasteiger partial charge in [-0.25, -0.2) is 9.59 Å². The van der Waals surface area contributed by atoms with Crippen LogP contribution in [0.2, 0.25) is 0 Å². The van der Waals surface area contributed by atoms with E-state index in [1.807, 2.05) is 52.0 Å². The Bertz CT molecular complexity index is 829. The molecule has 2 fully saturated rings. The number of carbonyl (C=O) groups is 2. The summed E-state index contributed by atoms with van der Waals surface area (Å²) in [5.41, 5.74) is -0.750. The fraction of sp³-hybridized carbons (Fsp3) is 0.652. The Morgan fingerprint density at radius 1 is 1.10 bits per heavy atom. The van der Waals surface area contributed by atoms with E-state index in [0.29, 0.717) is 6.42 Å². The first-order valence-electron chi connectivity index (χ1n) is 10.8. The lowest BCUT2D eigenvalue weighted by Crippen LogP contribution is -2.47. The maximum absolute atomic E-state index is 12.7. The average molecular weight is 431 g/mol. The number of nitrogens with one attached hydrogen (secondary N) is 1. The summed E-state index contributed by atoms with van der Waals surface area (Å²) >= 11 is 0.